The fourth-order valence-corrected chi connectivity index (χ4v) is 1.90. The van der Waals surface area contributed by atoms with Crippen molar-refractivity contribution in [2.75, 3.05) is 0 Å². The van der Waals surface area contributed by atoms with Crippen LogP contribution in [0.3, 0.4) is 0 Å². The van der Waals surface area contributed by atoms with Gasteiger partial charge in [-0.25, -0.2) is 4.68 Å². The van der Waals surface area contributed by atoms with Gasteiger partial charge in [0.15, 0.2) is 0 Å². The number of rotatable bonds is 3. The molecule has 0 spiro atoms. The Kier molecular flexibility index (Phi) is 3.54. The molecule has 20 heavy (non-hydrogen) atoms. The lowest BCUT2D eigenvalue weighted by Gasteiger charge is -1.99. The highest BCUT2D eigenvalue weighted by Gasteiger charge is 2.06. The summed E-state index contributed by atoms with van der Waals surface area (Å²) >= 11 is 11.9. The molecule has 0 unspecified atom stereocenters. The number of aromatic nitrogens is 3. The van der Waals surface area contributed by atoms with Crippen LogP contribution in [0.5, 0.6) is 0 Å². The minimum atomic E-state index is 0.486. The minimum absolute atomic E-state index is 0.486. The third kappa shape index (κ3) is 2.74. The van der Waals surface area contributed by atoms with Gasteiger partial charge >= 0.3 is 0 Å². The van der Waals surface area contributed by atoms with E-state index in [0.717, 1.165) is 5.56 Å². The molecule has 0 fully saturated rings. The van der Waals surface area contributed by atoms with Gasteiger partial charge in [-0.05, 0) is 30.3 Å². The fraction of sp³-hybridized carbons (Fsp3) is 0. The van der Waals surface area contributed by atoms with Crippen LogP contribution >= 0.6 is 23.2 Å². The Labute approximate surface area is 124 Å². The van der Waals surface area contributed by atoms with Gasteiger partial charge in [0.05, 0.1) is 16.3 Å². The molecule has 0 aliphatic heterocycles. The van der Waals surface area contributed by atoms with E-state index in [1.54, 1.807) is 18.3 Å². The van der Waals surface area contributed by atoms with Gasteiger partial charge in [0.1, 0.15) is 24.2 Å². The van der Waals surface area contributed by atoms with Crippen molar-refractivity contribution < 1.29 is 4.42 Å². The van der Waals surface area contributed by atoms with E-state index in [-0.39, 0.29) is 0 Å². The zero-order valence-corrected chi connectivity index (χ0v) is 11.6. The predicted octanol–water partition coefficient (Wildman–Crippen LogP) is 3.73. The maximum atomic E-state index is 5.98. The zero-order valence-electron chi connectivity index (χ0n) is 10.1. The molecule has 100 valence electrons. The predicted molar refractivity (Wildman–Crippen MR) is 77.2 cm³/mol. The highest BCUT2D eigenvalue weighted by molar-refractivity contribution is 6.42. The average Bonchev–Trinajstić information content (AvgIpc) is 3.10. The normalized spacial score (nSPS) is 11.3. The molecule has 0 saturated heterocycles. The van der Waals surface area contributed by atoms with Crippen molar-refractivity contribution in [1.82, 2.24) is 14.9 Å². The Morgan fingerprint density at radius 1 is 1.05 bits per heavy atom. The number of nitrogens with zero attached hydrogens (tertiary/aromatic N) is 4. The summed E-state index contributed by atoms with van der Waals surface area (Å²) < 4.78 is 7.13. The number of halogens is 2. The maximum absolute atomic E-state index is 5.98. The Morgan fingerprint density at radius 3 is 2.60 bits per heavy atom. The average molecular weight is 307 g/mol. The molecule has 0 radical (unpaired) electrons. The highest BCUT2D eigenvalue weighted by atomic mass is 35.5. The van der Waals surface area contributed by atoms with Crippen molar-refractivity contribution in [2.24, 2.45) is 5.10 Å². The van der Waals surface area contributed by atoms with Crippen LogP contribution in [0.25, 0.3) is 11.3 Å². The lowest BCUT2D eigenvalue weighted by Crippen LogP contribution is -1.84. The molecule has 0 aliphatic carbocycles. The zero-order chi connectivity index (χ0) is 13.9. The monoisotopic (exact) mass is 306 g/mol. The van der Waals surface area contributed by atoms with Gasteiger partial charge in [0.25, 0.3) is 0 Å². The fourth-order valence-electron chi connectivity index (χ4n) is 1.61. The number of hydrogen-bond acceptors (Lipinski definition) is 4. The molecule has 0 bridgehead atoms. The Bertz CT molecular complexity index is 750. The van der Waals surface area contributed by atoms with Crippen molar-refractivity contribution in [1.29, 1.82) is 0 Å². The standard InChI is InChI=1S/C13H8Cl2N4O/c14-11-3-1-9(5-12(11)15)13-4-2-10(20-13)6-18-19-7-16-17-8-19/h1-8H/b18-6+. The van der Waals surface area contributed by atoms with Crippen LogP contribution < -0.4 is 0 Å². The lowest BCUT2D eigenvalue weighted by molar-refractivity contribution is 0.574. The van der Waals surface area contributed by atoms with Crippen LogP contribution in [-0.4, -0.2) is 21.1 Å². The van der Waals surface area contributed by atoms with E-state index < -0.39 is 0 Å². The molecular weight excluding hydrogens is 299 g/mol. The highest BCUT2D eigenvalue weighted by Crippen LogP contribution is 2.29. The molecule has 2 heterocycles. The Hall–Kier alpha value is -2.11. The van der Waals surface area contributed by atoms with Gasteiger partial charge in [-0.1, -0.05) is 23.2 Å². The maximum Gasteiger partial charge on any atom is 0.147 e. The van der Waals surface area contributed by atoms with Gasteiger partial charge in [0, 0.05) is 5.56 Å². The first kappa shape index (κ1) is 12.9. The van der Waals surface area contributed by atoms with Crippen LogP contribution in [0, 0.1) is 0 Å². The SMILES string of the molecule is Clc1ccc(-c2ccc(/C=N/n3cnnc3)o2)cc1Cl. The molecule has 0 N–H and O–H groups in total. The molecule has 0 atom stereocenters. The van der Waals surface area contributed by atoms with E-state index in [1.807, 2.05) is 18.2 Å². The van der Waals surface area contributed by atoms with Gasteiger partial charge in [-0.3, -0.25) is 0 Å². The second-order valence-electron chi connectivity index (χ2n) is 3.92. The minimum Gasteiger partial charge on any atom is -0.455 e. The van der Waals surface area contributed by atoms with Crippen molar-refractivity contribution in [2.45, 2.75) is 0 Å². The van der Waals surface area contributed by atoms with Gasteiger partial charge in [0.2, 0.25) is 0 Å². The van der Waals surface area contributed by atoms with E-state index in [0.29, 0.717) is 21.6 Å². The van der Waals surface area contributed by atoms with Crippen molar-refractivity contribution in [3.8, 4) is 11.3 Å². The van der Waals surface area contributed by atoms with E-state index in [4.69, 9.17) is 27.6 Å². The molecule has 3 aromatic rings. The Morgan fingerprint density at radius 2 is 1.85 bits per heavy atom. The van der Waals surface area contributed by atoms with E-state index in [2.05, 4.69) is 15.3 Å². The summed E-state index contributed by atoms with van der Waals surface area (Å²) in [6.07, 6.45) is 4.54. The summed E-state index contributed by atoms with van der Waals surface area (Å²) in [6.45, 7) is 0. The van der Waals surface area contributed by atoms with Crippen molar-refractivity contribution in [3.63, 3.8) is 0 Å². The Balaban J connectivity index is 1.84. The second-order valence-corrected chi connectivity index (χ2v) is 4.73. The molecule has 5 nitrogen and oxygen atoms in total. The summed E-state index contributed by atoms with van der Waals surface area (Å²) in [5.74, 6) is 1.30. The summed E-state index contributed by atoms with van der Waals surface area (Å²) in [6, 6.07) is 8.97. The molecule has 1 aromatic carbocycles. The summed E-state index contributed by atoms with van der Waals surface area (Å²) in [5.41, 5.74) is 0.850. The summed E-state index contributed by atoms with van der Waals surface area (Å²) in [5, 5.41) is 12.4. The first-order valence-electron chi connectivity index (χ1n) is 5.66. The number of hydrogen-bond donors (Lipinski definition) is 0. The number of furan rings is 1. The summed E-state index contributed by atoms with van der Waals surface area (Å²) in [4.78, 5) is 0. The second kappa shape index (κ2) is 5.48. The first-order valence-corrected chi connectivity index (χ1v) is 6.42. The lowest BCUT2D eigenvalue weighted by atomic mass is 10.2. The first-order chi connectivity index (χ1) is 9.72. The quantitative estimate of drug-likeness (QED) is 0.693. The van der Waals surface area contributed by atoms with Crippen molar-refractivity contribution >= 4 is 29.4 Å². The van der Waals surface area contributed by atoms with E-state index in [9.17, 15) is 0 Å². The van der Waals surface area contributed by atoms with Gasteiger partial charge < -0.3 is 4.42 Å². The van der Waals surface area contributed by atoms with Gasteiger partial charge in [-0.15, -0.1) is 10.2 Å². The van der Waals surface area contributed by atoms with Crippen LogP contribution in [0.2, 0.25) is 10.0 Å². The van der Waals surface area contributed by atoms with Crippen LogP contribution in [-0.2, 0) is 0 Å². The number of benzene rings is 1. The third-order valence-corrected chi connectivity index (χ3v) is 3.29. The summed E-state index contributed by atoms with van der Waals surface area (Å²) in [7, 11) is 0. The molecule has 0 aliphatic rings. The van der Waals surface area contributed by atoms with Crippen LogP contribution in [0.4, 0.5) is 0 Å². The van der Waals surface area contributed by atoms with Gasteiger partial charge in [-0.2, -0.15) is 5.10 Å². The molecule has 0 amide bonds. The largest absolute Gasteiger partial charge is 0.455 e. The molecule has 2 aromatic heterocycles. The van der Waals surface area contributed by atoms with E-state index >= 15 is 0 Å². The molecule has 0 saturated carbocycles. The van der Waals surface area contributed by atoms with Crippen LogP contribution in [0.15, 0.2) is 52.5 Å². The van der Waals surface area contributed by atoms with Crippen LogP contribution in [0.1, 0.15) is 5.76 Å². The molecule has 7 heteroatoms. The van der Waals surface area contributed by atoms with E-state index in [1.165, 1.54) is 17.3 Å². The smallest absolute Gasteiger partial charge is 0.147 e. The third-order valence-electron chi connectivity index (χ3n) is 2.56. The molecular formula is C13H8Cl2N4O. The molecule has 3 rings (SSSR count). The van der Waals surface area contributed by atoms with Crippen molar-refractivity contribution in [3.05, 3.63) is 58.8 Å². The topological polar surface area (TPSA) is 56.2 Å².